The Balaban J connectivity index is 2.10. The SMILES string of the molecule is Cc1cc2c(cc1/C=C1/NC(=O)NC1=O)[C@H](C)CC(C)(C)N2C(C)C. The molecule has 0 aliphatic carbocycles. The molecule has 1 fully saturated rings. The number of urea groups is 1. The first-order valence-corrected chi connectivity index (χ1v) is 8.88. The zero-order valence-electron chi connectivity index (χ0n) is 15.9. The first-order valence-electron chi connectivity index (χ1n) is 8.88. The lowest BCUT2D eigenvalue weighted by Crippen LogP contribution is -2.51. The van der Waals surface area contributed by atoms with E-state index in [9.17, 15) is 9.59 Å². The minimum absolute atomic E-state index is 0.103. The molecule has 1 atom stereocenters. The molecule has 2 N–H and O–H groups in total. The monoisotopic (exact) mass is 341 g/mol. The topological polar surface area (TPSA) is 61.4 Å². The molecule has 1 aromatic carbocycles. The molecule has 0 saturated carbocycles. The lowest BCUT2D eigenvalue weighted by Gasteiger charge is -2.50. The van der Waals surface area contributed by atoms with Crippen LogP contribution in [0.4, 0.5) is 10.5 Å². The minimum atomic E-state index is -0.465. The van der Waals surface area contributed by atoms with Crippen LogP contribution < -0.4 is 15.5 Å². The number of hydrogen-bond donors (Lipinski definition) is 2. The van der Waals surface area contributed by atoms with Gasteiger partial charge in [-0.2, -0.15) is 0 Å². The number of benzene rings is 1. The van der Waals surface area contributed by atoms with Crippen LogP contribution in [0.2, 0.25) is 0 Å². The van der Waals surface area contributed by atoms with Gasteiger partial charge in [-0.3, -0.25) is 10.1 Å². The van der Waals surface area contributed by atoms with E-state index in [4.69, 9.17) is 0 Å². The maximum absolute atomic E-state index is 11.8. The predicted octanol–water partition coefficient (Wildman–Crippen LogP) is 3.68. The Morgan fingerprint density at radius 1 is 1.24 bits per heavy atom. The van der Waals surface area contributed by atoms with E-state index < -0.39 is 6.03 Å². The summed E-state index contributed by atoms with van der Waals surface area (Å²) in [5.41, 5.74) is 5.05. The number of carbonyl (C=O) groups excluding carboxylic acids is 2. The van der Waals surface area contributed by atoms with Crippen LogP contribution in [-0.4, -0.2) is 23.5 Å². The number of amides is 3. The van der Waals surface area contributed by atoms with Gasteiger partial charge in [0, 0.05) is 17.3 Å². The summed E-state index contributed by atoms with van der Waals surface area (Å²) in [6.45, 7) is 13.4. The van der Waals surface area contributed by atoms with Crippen molar-refractivity contribution in [3.63, 3.8) is 0 Å². The molecule has 25 heavy (non-hydrogen) atoms. The number of carbonyl (C=O) groups is 2. The normalized spacial score (nSPS) is 23.7. The smallest absolute Gasteiger partial charge is 0.326 e. The molecule has 2 aliphatic heterocycles. The minimum Gasteiger partial charge on any atom is -0.364 e. The van der Waals surface area contributed by atoms with Crippen molar-refractivity contribution in [2.75, 3.05) is 4.90 Å². The summed E-state index contributed by atoms with van der Waals surface area (Å²) in [6, 6.07) is 4.33. The van der Waals surface area contributed by atoms with E-state index in [-0.39, 0.29) is 11.4 Å². The summed E-state index contributed by atoms with van der Waals surface area (Å²) in [7, 11) is 0. The van der Waals surface area contributed by atoms with E-state index in [0.29, 0.717) is 17.7 Å². The lowest BCUT2D eigenvalue weighted by atomic mass is 9.78. The van der Waals surface area contributed by atoms with Crippen molar-refractivity contribution >= 4 is 23.7 Å². The Kier molecular flexibility index (Phi) is 4.13. The standard InChI is InChI=1S/C20H27N3O2/c1-11(2)23-17-7-12(3)14(9-16-18(24)22-19(25)21-16)8-15(17)13(4)10-20(23,5)6/h7-9,11,13H,10H2,1-6H3,(H2,21,22,24,25)/b16-9+/t13-/m1/s1. The fourth-order valence-corrected chi connectivity index (χ4v) is 4.38. The average molecular weight is 341 g/mol. The number of aryl methyl sites for hydroxylation is 1. The van der Waals surface area contributed by atoms with Gasteiger partial charge in [0.2, 0.25) is 0 Å². The van der Waals surface area contributed by atoms with Crippen molar-refractivity contribution in [3.05, 3.63) is 34.5 Å². The lowest BCUT2D eigenvalue weighted by molar-refractivity contribution is -0.115. The third kappa shape index (κ3) is 3.03. The molecule has 1 saturated heterocycles. The Bertz CT molecular complexity index is 777. The van der Waals surface area contributed by atoms with E-state index in [1.807, 2.05) is 6.92 Å². The number of hydrogen-bond acceptors (Lipinski definition) is 3. The molecule has 2 aliphatic rings. The first kappa shape index (κ1) is 17.5. The van der Waals surface area contributed by atoms with Crippen molar-refractivity contribution in [2.24, 2.45) is 0 Å². The summed E-state index contributed by atoms with van der Waals surface area (Å²) in [5, 5.41) is 4.81. The van der Waals surface area contributed by atoms with Crippen LogP contribution in [0.5, 0.6) is 0 Å². The van der Waals surface area contributed by atoms with Gasteiger partial charge in [-0.05, 0) is 81.9 Å². The molecule has 134 valence electrons. The van der Waals surface area contributed by atoms with Crippen molar-refractivity contribution < 1.29 is 9.59 Å². The van der Waals surface area contributed by atoms with Gasteiger partial charge in [0.1, 0.15) is 5.70 Å². The van der Waals surface area contributed by atoms with Crippen LogP contribution in [-0.2, 0) is 4.79 Å². The highest BCUT2D eigenvalue weighted by Gasteiger charge is 2.38. The van der Waals surface area contributed by atoms with Crippen LogP contribution in [0.1, 0.15) is 63.6 Å². The molecule has 2 heterocycles. The van der Waals surface area contributed by atoms with E-state index in [0.717, 1.165) is 17.5 Å². The second-order valence-electron chi connectivity index (χ2n) is 8.12. The Hall–Kier alpha value is -2.30. The predicted molar refractivity (Wildman–Crippen MR) is 101 cm³/mol. The van der Waals surface area contributed by atoms with Gasteiger partial charge in [-0.15, -0.1) is 0 Å². The summed E-state index contributed by atoms with van der Waals surface area (Å²) in [4.78, 5) is 25.6. The molecule has 5 heteroatoms. The second kappa shape index (κ2) is 5.90. The molecule has 0 spiro atoms. The third-order valence-corrected chi connectivity index (χ3v) is 5.20. The third-order valence-electron chi connectivity index (χ3n) is 5.20. The average Bonchev–Trinajstić information content (AvgIpc) is 2.77. The highest BCUT2D eigenvalue weighted by molar-refractivity contribution is 6.14. The van der Waals surface area contributed by atoms with E-state index >= 15 is 0 Å². The van der Waals surface area contributed by atoms with Crippen LogP contribution in [0, 0.1) is 6.92 Å². The van der Waals surface area contributed by atoms with Gasteiger partial charge in [0.25, 0.3) is 5.91 Å². The largest absolute Gasteiger partial charge is 0.364 e. The number of fused-ring (bicyclic) bond motifs is 1. The van der Waals surface area contributed by atoms with Gasteiger partial charge in [0.15, 0.2) is 0 Å². The zero-order valence-corrected chi connectivity index (χ0v) is 15.9. The van der Waals surface area contributed by atoms with Gasteiger partial charge in [-0.25, -0.2) is 4.79 Å². The number of nitrogens with one attached hydrogen (secondary N) is 2. The van der Waals surface area contributed by atoms with Gasteiger partial charge >= 0.3 is 6.03 Å². The van der Waals surface area contributed by atoms with Crippen molar-refractivity contribution in [1.82, 2.24) is 10.6 Å². The molecule has 0 radical (unpaired) electrons. The molecule has 3 amide bonds. The molecular weight excluding hydrogens is 314 g/mol. The van der Waals surface area contributed by atoms with Crippen LogP contribution >= 0.6 is 0 Å². The van der Waals surface area contributed by atoms with E-state index in [1.54, 1.807) is 6.08 Å². The highest BCUT2D eigenvalue weighted by atomic mass is 16.2. The van der Waals surface area contributed by atoms with E-state index in [2.05, 4.69) is 62.3 Å². The van der Waals surface area contributed by atoms with Gasteiger partial charge in [0.05, 0.1) is 0 Å². The summed E-state index contributed by atoms with van der Waals surface area (Å²) < 4.78 is 0. The maximum atomic E-state index is 11.8. The molecule has 0 bridgehead atoms. The summed E-state index contributed by atoms with van der Waals surface area (Å²) in [5.74, 6) is 0.0601. The number of nitrogens with zero attached hydrogens (tertiary/aromatic N) is 1. The number of rotatable bonds is 2. The van der Waals surface area contributed by atoms with Crippen molar-refractivity contribution in [3.8, 4) is 0 Å². The molecule has 0 aromatic heterocycles. The number of anilines is 1. The molecule has 1 aromatic rings. The highest BCUT2D eigenvalue weighted by Crippen LogP contribution is 2.45. The first-order chi connectivity index (χ1) is 11.6. The summed E-state index contributed by atoms with van der Waals surface area (Å²) >= 11 is 0. The second-order valence-corrected chi connectivity index (χ2v) is 8.12. The Labute approximate surface area is 149 Å². The van der Waals surface area contributed by atoms with Crippen molar-refractivity contribution in [2.45, 2.75) is 65.5 Å². The molecular formula is C20H27N3O2. The van der Waals surface area contributed by atoms with E-state index in [1.165, 1.54) is 11.3 Å². The van der Waals surface area contributed by atoms with Gasteiger partial charge < -0.3 is 10.2 Å². The molecule has 3 rings (SSSR count). The fourth-order valence-electron chi connectivity index (χ4n) is 4.38. The molecule has 0 unspecified atom stereocenters. The molecule has 5 nitrogen and oxygen atoms in total. The Morgan fingerprint density at radius 2 is 1.92 bits per heavy atom. The Morgan fingerprint density at radius 3 is 2.48 bits per heavy atom. The number of imide groups is 1. The van der Waals surface area contributed by atoms with Crippen LogP contribution in [0.15, 0.2) is 17.8 Å². The van der Waals surface area contributed by atoms with Crippen LogP contribution in [0.25, 0.3) is 6.08 Å². The zero-order chi connectivity index (χ0) is 18.5. The summed E-state index contributed by atoms with van der Waals surface area (Å²) in [6.07, 6.45) is 2.84. The quantitative estimate of drug-likeness (QED) is 0.637. The van der Waals surface area contributed by atoms with Crippen molar-refractivity contribution in [1.29, 1.82) is 0 Å². The fraction of sp³-hybridized carbons (Fsp3) is 0.500. The van der Waals surface area contributed by atoms with Crippen LogP contribution in [0.3, 0.4) is 0 Å². The van der Waals surface area contributed by atoms with Gasteiger partial charge in [-0.1, -0.05) is 6.92 Å². The maximum Gasteiger partial charge on any atom is 0.326 e.